The second kappa shape index (κ2) is 29.0. The number of rotatable bonds is 31. The van der Waals surface area contributed by atoms with E-state index in [1.807, 2.05) is 0 Å². The molecule has 61 heavy (non-hydrogen) atoms. The number of guanidine groups is 2. The van der Waals surface area contributed by atoms with Gasteiger partial charge >= 0.3 is 11.9 Å². The fraction of sp³-hybridized carbons (Fsp3) is 0.676. The summed E-state index contributed by atoms with van der Waals surface area (Å²) in [6.45, 7) is 2.41. The van der Waals surface area contributed by atoms with Crippen LogP contribution in [-0.4, -0.2) is 149 Å². The summed E-state index contributed by atoms with van der Waals surface area (Å²) < 4.78 is 0. The molecule has 27 heteroatoms. The SMILES string of the molecule is CC(C)[C@H](NC(=O)[C@H](CC(=O)O)NC(=O)[C@H](CO)NC(=O)[C@@H](N)CCCN=C(N)N)C(=O)N[C@@H](CCCN=C(N)N)C(=O)N[C@@H](CCCCN)C(=O)N[C@@H](CC(N)=O)C(=O)O. The summed E-state index contributed by atoms with van der Waals surface area (Å²) in [5.41, 5.74) is 37.8. The van der Waals surface area contributed by atoms with Crippen molar-refractivity contribution < 1.29 is 58.5 Å². The van der Waals surface area contributed by atoms with Crippen LogP contribution in [0.1, 0.15) is 71.6 Å². The molecule has 0 aromatic carbocycles. The van der Waals surface area contributed by atoms with Gasteiger partial charge in [-0.3, -0.25) is 48.3 Å². The van der Waals surface area contributed by atoms with Gasteiger partial charge in [0, 0.05) is 13.1 Å². The monoisotopic (exact) mass is 873 g/mol. The predicted molar refractivity (Wildman–Crippen MR) is 218 cm³/mol. The molecule has 0 fully saturated rings. The zero-order valence-electron chi connectivity index (χ0n) is 34.3. The number of unbranched alkanes of at least 4 members (excludes halogenated alkanes) is 1. The molecule has 0 spiro atoms. The van der Waals surface area contributed by atoms with Crippen LogP contribution in [-0.2, 0) is 43.2 Å². The summed E-state index contributed by atoms with van der Waals surface area (Å²) >= 11 is 0. The summed E-state index contributed by atoms with van der Waals surface area (Å²) in [7, 11) is 0. The van der Waals surface area contributed by atoms with Crippen LogP contribution in [0.5, 0.6) is 0 Å². The van der Waals surface area contributed by atoms with Crippen molar-refractivity contribution in [2.45, 2.75) is 114 Å². The van der Waals surface area contributed by atoms with Gasteiger partial charge in [0.2, 0.25) is 41.4 Å². The van der Waals surface area contributed by atoms with E-state index in [-0.39, 0.29) is 57.2 Å². The van der Waals surface area contributed by atoms with E-state index in [1.54, 1.807) is 0 Å². The van der Waals surface area contributed by atoms with Gasteiger partial charge in [-0.2, -0.15) is 0 Å². The lowest BCUT2D eigenvalue weighted by atomic mass is 10.0. The van der Waals surface area contributed by atoms with Crippen LogP contribution < -0.4 is 72.0 Å². The Balaban J connectivity index is 6.30. The highest BCUT2D eigenvalue weighted by atomic mass is 16.4. The highest BCUT2D eigenvalue weighted by Crippen LogP contribution is 2.09. The molecule has 0 aromatic heterocycles. The van der Waals surface area contributed by atoms with Crippen LogP contribution in [0.4, 0.5) is 0 Å². The minimum absolute atomic E-state index is 0.00261. The highest BCUT2D eigenvalue weighted by Gasteiger charge is 2.35. The molecule has 7 amide bonds. The Morgan fingerprint density at radius 2 is 0.984 bits per heavy atom. The molecule has 0 aliphatic carbocycles. The van der Waals surface area contributed by atoms with Crippen LogP contribution in [0, 0.1) is 5.92 Å². The molecule has 27 nitrogen and oxygen atoms in total. The first-order valence-corrected chi connectivity index (χ1v) is 19.3. The van der Waals surface area contributed by atoms with Crippen LogP contribution in [0.25, 0.3) is 0 Å². The molecule has 0 aromatic rings. The van der Waals surface area contributed by atoms with E-state index in [1.165, 1.54) is 13.8 Å². The first kappa shape index (κ1) is 54.6. The third-order valence-electron chi connectivity index (χ3n) is 8.56. The van der Waals surface area contributed by atoms with E-state index < -0.39 is 121 Å². The predicted octanol–water partition coefficient (Wildman–Crippen LogP) is -7.46. The Kier molecular flexibility index (Phi) is 26.0. The Morgan fingerprint density at radius 1 is 0.541 bits per heavy atom. The number of hydrogen-bond donors (Lipinski definition) is 16. The quantitative estimate of drug-likeness (QED) is 0.0175. The summed E-state index contributed by atoms with van der Waals surface area (Å²) in [4.78, 5) is 122. The topological polar surface area (TPSA) is 493 Å². The van der Waals surface area contributed by atoms with Crippen molar-refractivity contribution in [2.75, 3.05) is 26.2 Å². The number of carboxylic acid groups (broad SMARTS) is 2. The van der Waals surface area contributed by atoms with Crippen LogP contribution in [0.2, 0.25) is 0 Å². The summed E-state index contributed by atoms with van der Waals surface area (Å²) in [6.07, 6.45) is -0.767. The van der Waals surface area contributed by atoms with Crippen LogP contribution >= 0.6 is 0 Å². The van der Waals surface area contributed by atoms with E-state index in [4.69, 9.17) is 40.1 Å². The average Bonchev–Trinajstić information content (AvgIpc) is 3.16. The number of nitrogens with zero attached hydrogens (tertiary/aromatic N) is 2. The van der Waals surface area contributed by atoms with Crippen molar-refractivity contribution in [3.8, 4) is 0 Å². The van der Waals surface area contributed by atoms with Crippen molar-refractivity contribution in [2.24, 2.45) is 56.0 Å². The number of carbonyl (C=O) groups is 9. The molecule has 0 aliphatic rings. The Bertz CT molecular complexity index is 1570. The minimum atomic E-state index is -1.85. The zero-order valence-corrected chi connectivity index (χ0v) is 34.3. The number of hydrogen-bond acceptors (Lipinski definition) is 14. The van der Waals surface area contributed by atoms with Crippen molar-refractivity contribution in [3.63, 3.8) is 0 Å². The maximum Gasteiger partial charge on any atom is 0.326 e. The van der Waals surface area contributed by atoms with Gasteiger partial charge in [0.1, 0.15) is 36.3 Å². The lowest BCUT2D eigenvalue weighted by Crippen LogP contribution is -2.61. The van der Waals surface area contributed by atoms with Gasteiger partial charge in [-0.1, -0.05) is 13.8 Å². The molecule has 23 N–H and O–H groups in total. The largest absolute Gasteiger partial charge is 0.481 e. The van der Waals surface area contributed by atoms with E-state index in [9.17, 15) is 58.5 Å². The summed E-state index contributed by atoms with van der Waals surface area (Å²) in [5.74, 6) is -11.4. The molecule has 0 bridgehead atoms. The molecule has 0 heterocycles. The van der Waals surface area contributed by atoms with Gasteiger partial charge in [0.15, 0.2) is 11.9 Å². The minimum Gasteiger partial charge on any atom is -0.481 e. The smallest absolute Gasteiger partial charge is 0.326 e. The number of carboxylic acids is 2. The normalized spacial score (nSPS) is 14.3. The van der Waals surface area contributed by atoms with Gasteiger partial charge in [-0.25, -0.2) is 4.79 Å². The fourth-order valence-corrected chi connectivity index (χ4v) is 5.31. The Hall–Kier alpha value is -6.35. The fourth-order valence-electron chi connectivity index (χ4n) is 5.31. The number of carbonyl (C=O) groups excluding carboxylic acids is 7. The molecule has 0 saturated carbocycles. The van der Waals surface area contributed by atoms with Crippen molar-refractivity contribution >= 4 is 65.2 Å². The molecular weight excluding hydrogens is 810 g/mol. The van der Waals surface area contributed by atoms with Gasteiger partial charge in [0.05, 0.1) is 25.5 Å². The number of nitrogens with one attached hydrogen (secondary N) is 6. The lowest BCUT2D eigenvalue weighted by molar-refractivity contribution is -0.144. The van der Waals surface area contributed by atoms with Gasteiger partial charge in [0.25, 0.3) is 0 Å². The molecule has 0 radical (unpaired) electrons. The molecule has 0 unspecified atom stereocenters. The van der Waals surface area contributed by atoms with Crippen molar-refractivity contribution in [1.29, 1.82) is 0 Å². The number of aliphatic hydroxyl groups excluding tert-OH is 1. The van der Waals surface area contributed by atoms with Gasteiger partial charge in [-0.15, -0.1) is 0 Å². The second-order valence-corrected chi connectivity index (χ2v) is 14.1. The first-order chi connectivity index (χ1) is 28.5. The maximum absolute atomic E-state index is 13.8. The van der Waals surface area contributed by atoms with Crippen molar-refractivity contribution in [1.82, 2.24) is 31.9 Å². The molecule has 0 aliphatic heterocycles. The first-order valence-electron chi connectivity index (χ1n) is 19.3. The molecular formula is C34H63N15O12. The van der Waals surface area contributed by atoms with Gasteiger partial charge in [-0.05, 0) is 57.4 Å². The van der Waals surface area contributed by atoms with E-state index in [0.29, 0.717) is 19.3 Å². The molecule has 346 valence electrons. The summed E-state index contributed by atoms with van der Waals surface area (Å²) in [6, 6.07) is -10.7. The average molecular weight is 874 g/mol. The summed E-state index contributed by atoms with van der Waals surface area (Å²) in [5, 5.41) is 42.7. The van der Waals surface area contributed by atoms with Crippen molar-refractivity contribution in [3.05, 3.63) is 0 Å². The third kappa shape index (κ3) is 23.1. The molecule has 0 rings (SSSR count). The van der Waals surface area contributed by atoms with Gasteiger partial charge < -0.3 is 87.4 Å². The maximum atomic E-state index is 13.8. The zero-order chi connectivity index (χ0) is 46.8. The number of primary amides is 1. The number of nitrogens with two attached hydrogens (primary N) is 7. The Morgan fingerprint density at radius 3 is 1.44 bits per heavy atom. The standard InChI is InChI=1S/C34H63N15O12/c1-16(2)25(49-29(57)20(14-24(52)53)46-30(58)22(15-50)48-26(54)17(36)7-5-11-42-33(38)39)31(59)45-19(9-6-12-43-34(40)41)27(55)44-18(8-3-4-10-35)28(56)47-21(32(60)61)13-23(37)51/h16-22,25,50H,3-15,35-36H2,1-2H3,(H2,37,51)(H,44,55)(H,45,59)(H,46,58)(H,47,56)(H,48,54)(H,49,57)(H,52,53)(H,60,61)(H4,38,39,42)(H4,40,41,43)/t17-,18-,19-,20-,21-,22-,25-/m0/s1. The number of aliphatic carboxylic acids is 2. The lowest BCUT2D eigenvalue weighted by Gasteiger charge is -2.28. The molecule has 0 saturated heterocycles. The van der Waals surface area contributed by atoms with E-state index in [0.717, 1.165) is 0 Å². The van der Waals surface area contributed by atoms with Crippen LogP contribution in [0.3, 0.4) is 0 Å². The van der Waals surface area contributed by atoms with Crippen LogP contribution in [0.15, 0.2) is 9.98 Å². The third-order valence-corrected chi connectivity index (χ3v) is 8.56. The number of aliphatic hydroxyl groups is 1. The van der Waals surface area contributed by atoms with E-state index in [2.05, 4.69) is 41.9 Å². The molecule has 7 atom stereocenters. The number of aliphatic imine (C=N–C) groups is 2. The Labute approximate surface area is 351 Å². The highest BCUT2D eigenvalue weighted by molar-refractivity contribution is 5.98. The number of amides is 7. The van der Waals surface area contributed by atoms with E-state index >= 15 is 0 Å². The second-order valence-electron chi connectivity index (χ2n) is 14.1.